The predicted molar refractivity (Wildman–Crippen MR) is 71.9 cm³/mol. The molecule has 19 heavy (non-hydrogen) atoms. The van der Waals surface area contributed by atoms with E-state index >= 15 is 0 Å². The quantitative estimate of drug-likeness (QED) is 0.564. The van der Waals surface area contributed by atoms with Crippen LogP contribution in [0.2, 0.25) is 0 Å². The summed E-state index contributed by atoms with van der Waals surface area (Å²) in [5, 5.41) is 0. The second-order valence-electron chi connectivity index (χ2n) is 4.03. The van der Waals surface area contributed by atoms with E-state index in [2.05, 4.69) is 27.3 Å². The molecule has 2 heterocycles. The van der Waals surface area contributed by atoms with Crippen LogP contribution in [0.5, 0.6) is 0 Å². The molecule has 0 saturated carbocycles. The van der Waals surface area contributed by atoms with Crippen molar-refractivity contribution in [1.29, 1.82) is 0 Å². The second kappa shape index (κ2) is 5.31. The molecule has 0 bridgehead atoms. The molecule has 1 aliphatic rings. The van der Waals surface area contributed by atoms with E-state index in [0.717, 1.165) is 10.8 Å². The number of amides is 1. The molecule has 1 aromatic rings. The number of aromatic nitrogens is 2. The van der Waals surface area contributed by atoms with Crippen molar-refractivity contribution in [3.05, 3.63) is 32.9 Å². The zero-order chi connectivity index (χ0) is 14.2. The fourth-order valence-corrected chi connectivity index (χ4v) is 3.05. The standard InChI is InChI=1S/C10H11FIN3O4/c1-19-10(18)14-3-2-6(12)8(14)15-4-5(11)7(16)13-9(15)17/h4,6,8H,2-3H2,1H3,(H,13,16,17)/t6-,8+/m0/s1. The van der Waals surface area contributed by atoms with Crippen LogP contribution in [0, 0.1) is 5.82 Å². The number of carbonyl (C=O) groups is 1. The average Bonchev–Trinajstić information content (AvgIpc) is 2.75. The Bertz CT molecular complexity index is 614. The Labute approximate surface area is 120 Å². The molecule has 1 saturated heterocycles. The van der Waals surface area contributed by atoms with E-state index in [-0.39, 0.29) is 3.92 Å². The fraction of sp³-hybridized carbons (Fsp3) is 0.500. The molecular weight excluding hydrogens is 372 g/mol. The Morgan fingerprint density at radius 3 is 2.89 bits per heavy atom. The molecule has 104 valence electrons. The van der Waals surface area contributed by atoms with Gasteiger partial charge < -0.3 is 4.74 Å². The maximum Gasteiger partial charge on any atom is 0.411 e. The minimum atomic E-state index is -1.08. The SMILES string of the molecule is COC(=O)N1CC[C@H](I)[C@H]1n1cc(F)c(=O)[nH]c1=O. The van der Waals surface area contributed by atoms with E-state index in [1.54, 1.807) is 0 Å². The average molecular weight is 383 g/mol. The Kier molecular flexibility index (Phi) is 3.92. The summed E-state index contributed by atoms with van der Waals surface area (Å²) in [6.07, 6.45) is 0.196. The molecule has 2 atom stereocenters. The van der Waals surface area contributed by atoms with Gasteiger partial charge in [-0.15, -0.1) is 0 Å². The van der Waals surface area contributed by atoms with Crippen LogP contribution in [-0.4, -0.2) is 38.1 Å². The van der Waals surface area contributed by atoms with Crippen LogP contribution < -0.4 is 11.2 Å². The molecule has 7 nitrogen and oxygen atoms in total. The Hall–Kier alpha value is -1.39. The summed E-state index contributed by atoms with van der Waals surface area (Å²) in [6.45, 7) is 0.401. The van der Waals surface area contributed by atoms with Gasteiger partial charge in [0.1, 0.15) is 6.17 Å². The summed E-state index contributed by atoms with van der Waals surface area (Å²) in [5.74, 6) is -1.07. The number of H-pyrrole nitrogens is 1. The zero-order valence-corrected chi connectivity index (χ0v) is 12.1. The van der Waals surface area contributed by atoms with E-state index in [1.807, 2.05) is 4.98 Å². The molecular formula is C10H11FIN3O4. The molecule has 0 aliphatic carbocycles. The molecule has 1 aromatic heterocycles. The number of halogens is 2. The van der Waals surface area contributed by atoms with Crippen LogP contribution in [0.1, 0.15) is 12.6 Å². The number of carbonyl (C=O) groups excluding carboxylic acids is 1. The third kappa shape index (κ3) is 2.51. The number of rotatable bonds is 1. The molecule has 0 radical (unpaired) electrons. The molecule has 2 rings (SSSR count). The van der Waals surface area contributed by atoms with Crippen LogP contribution >= 0.6 is 22.6 Å². The van der Waals surface area contributed by atoms with E-state index in [0.29, 0.717) is 13.0 Å². The van der Waals surface area contributed by atoms with Gasteiger partial charge in [0.05, 0.1) is 17.2 Å². The van der Waals surface area contributed by atoms with Crippen LogP contribution in [-0.2, 0) is 4.74 Å². The monoisotopic (exact) mass is 383 g/mol. The van der Waals surface area contributed by atoms with Crippen molar-refractivity contribution in [2.24, 2.45) is 0 Å². The van der Waals surface area contributed by atoms with E-state index in [9.17, 15) is 18.8 Å². The number of aromatic amines is 1. The zero-order valence-electron chi connectivity index (χ0n) is 9.93. The number of hydrogen-bond donors (Lipinski definition) is 1. The largest absolute Gasteiger partial charge is 0.453 e. The third-order valence-electron chi connectivity index (χ3n) is 2.91. The highest BCUT2D eigenvalue weighted by Crippen LogP contribution is 2.32. The Morgan fingerprint density at radius 1 is 1.58 bits per heavy atom. The molecule has 0 aromatic carbocycles. The number of alkyl halides is 1. The van der Waals surface area contributed by atoms with Gasteiger partial charge in [-0.25, -0.2) is 9.59 Å². The fourth-order valence-electron chi connectivity index (χ4n) is 2.04. The van der Waals surface area contributed by atoms with E-state index in [4.69, 9.17) is 0 Å². The first-order chi connectivity index (χ1) is 8.95. The van der Waals surface area contributed by atoms with Crippen LogP contribution in [0.3, 0.4) is 0 Å². The maximum absolute atomic E-state index is 13.3. The highest BCUT2D eigenvalue weighted by atomic mass is 127. The minimum absolute atomic E-state index is 0.0836. The van der Waals surface area contributed by atoms with Crippen LogP contribution in [0.15, 0.2) is 15.8 Å². The van der Waals surface area contributed by atoms with Crippen LogP contribution in [0.25, 0.3) is 0 Å². The van der Waals surface area contributed by atoms with Gasteiger partial charge in [-0.2, -0.15) is 4.39 Å². The van der Waals surface area contributed by atoms with Crippen molar-refractivity contribution in [2.75, 3.05) is 13.7 Å². The second-order valence-corrected chi connectivity index (χ2v) is 5.63. The number of ether oxygens (including phenoxy) is 1. The smallest absolute Gasteiger partial charge is 0.411 e. The topological polar surface area (TPSA) is 84.4 Å². The number of nitrogens with zero attached hydrogens (tertiary/aromatic N) is 2. The summed E-state index contributed by atoms with van der Waals surface area (Å²) in [5.41, 5.74) is -1.83. The van der Waals surface area contributed by atoms with Gasteiger partial charge in [0.25, 0.3) is 5.56 Å². The molecule has 1 amide bonds. The van der Waals surface area contributed by atoms with E-state index < -0.39 is 29.3 Å². The lowest BCUT2D eigenvalue weighted by Gasteiger charge is -2.26. The number of nitrogens with one attached hydrogen (secondary N) is 1. The molecule has 1 aliphatic heterocycles. The number of likely N-dealkylation sites (tertiary alicyclic amines) is 1. The Balaban J connectivity index is 2.49. The van der Waals surface area contributed by atoms with Gasteiger partial charge in [-0.05, 0) is 6.42 Å². The molecule has 1 N–H and O–H groups in total. The first-order valence-corrected chi connectivity index (χ1v) is 6.70. The lowest BCUT2D eigenvalue weighted by molar-refractivity contribution is 0.104. The van der Waals surface area contributed by atoms with Gasteiger partial charge in [0.15, 0.2) is 0 Å². The first kappa shape index (κ1) is 14.0. The van der Waals surface area contributed by atoms with Gasteiger partial charge in [0.2, 0.25) is 5.82 Å². The van der Waals surface area contributed by atoms with Crippen molar-refractivity contribution < 1.29 is 13.9 Å². The number of methoxy groups -OCH3 is 1. The maximum atomic E-state index is 13.3. The lowest BCUT2D eigenvalue weighted by Crippen LogP contribution is -2.43. The molecule has 9 heteroatoms. The van der Waals surface area contributed by atoms with Crippen LogP contribution in [0.4, 0.5) is 9.18 Å². The minimum Gasteiger partial charge on any atom is -0.453 e. The summed E-state index contributed by atoms with van der Waals surface area (Å²) in [4.78, 5) is 37.6. The third-order valence-corrected chi connectivity index (χ3v) is 4.17. The highest BCUT2D eigenvalue weighted by molar-refractivity contribution is 14.1. The van der Waals surface area contributed by atoms with Gasteiger partial charge in [0, 0.05) is 6.54 Å². The summed E-state index contributed by atoms with van der Waals surface area (Å²) >= 11 is 2.08. The normalized spacial score (nSPS) is 22.6. The summed E-state index contributed by atoms with van der Waals surface area (Å²) < 4.78 is 18.9. The van der Waals surface area contributed by atoms with Crippen molar-refractivity contribution in [1.82, 2.24) is 14.5 Å². The van der Waals surface area contributed by atoms with Gasteiger partial charge in [-0.1, -0.05) is 22.6 Å². The lowest BCUT2D eigenvalue weighted by atomic mass is 10.3. The highest BCUT2D eigenvalue weighted by Gasteiger charge is 2.38. The first-order valence-electron chi connectivity index (χ1n) is 5.45. The van der Waals surface area contributed by atoms with Gasteiger partial charge in [-0.3, -0.25) is 19.2 Å². The summed E-state index contributed by atoms with van der Waals surface area (Å²) in [7, 11) is 1.23. The number of hydrogen-bond acceptors (Lipinski definition) is 4. The summed E-state index contributed by atoms with van der Waals surface area (Å²) in [6, 6.07) is 0. The molecule has 0 spiro atoms. The van der Waals surface area contributed by atoms with E-state index in [1.165, 1.54) is 12.0 Å². The van der Waals surface area contributed by atoms with Crippen molar-refractivity contribution in [3.63, 3.8) is 0 Å². The van der Waals surface area contributed by atoms with Gasteiger partial charge >= 0.3 is 11.8 Å². The van der Waals surface area contributed by atoms with Crippen molar-refractivity contribution >= 4 is 28.7 Å². The predicted octanol–water partition coefficient (Wildman–Crippen LogP) is 0.450. The Morgan fingerprint density at radius 2 is 2.26 bits per heavy atom. The van der Waals surface area contributed by atoms with Crippen molar-refractivity contribution in [2.45, 2.75) is 16.5 Å². The van der Waals surface area contributed by atoms with Crippen molar-refractivity contribution in [3.8, 4) is 0 Å². The molecule has 1 fully saturated rings. The molecule has 0 unspecified atom stereocenters.